The molecule has 0 bridgehead atoms. The van der Waals surface area contributed by atoms with Gasteiger partial charge in [0, 0.05) is 19.4 Å². The molecule has 0 aromatic rings. The first-order valence-corrected chi connectivity index (χ1v) is 19.2. The van der Waals surface area contributed by atoms with E-state index in [1.54, 1.807) is 0 Å². The van der Waals surface area contributed by atoms with Gasteiger partial charge in [0.25, 0.3) is 0 Å². The minimum atomic E-state index is -0.742. The van der Waals surface area contributed by atoms with Crippen LogP contribution < -0.4 is 0 Å². The number of esters is 2. The number of hydrogen-bond acceptors (Lipinski definition) is 6. The molecule has 0 rings (SSSR count). The van der Waals surface area contributed by atoms with Crippen molar-refractivity contribution in [3.63, 3.8) is 0 Å². The second kappa shape index (κ2) is 33.7. The van der Waals surface area contributed by atoms with Gasteiger partial charge in [-0.25, -0.2) is 0 Å². The molecular weight excluding hydrogens is 566 g/mol. The van der Waals surface area contributed by atoms with Crippen molar-refractivity contribution < 1.29 is 29.0 Å². The topological polar surface area (TPSA) is 93.1 Å². The van der Waals surface area contributed by atoms with Crippen molar-refractivity contribution >= 4 is 17.9 Å². The van der Waals surface area contributed by atoms with Crippen molar-refractivity contribution in [1.29, 1.82) is 0 Å². The van der Waals surface area contributed by atoms with Gasteiger partial charge in [-0.3, -0.25) is 14.4 Å². The number of unbranched alkanes of at least 4 members (excludes halogenated alkanes) is 17. The number of carboxylic acids is 1. The summed E-state index contributed by atoms with van der Waals surface area (Å²) in [7, 11) is 0. The van der Waals surface area contributed by atoms with Crippen LogP contribution in [0, 0.1) is 0 Å². The highest BCUT2D eigenvalue weighted by Crippen LogP contribution is 2.17. The van der Waals surface area contributed by atoms with Gasteiger partial charge in [-0.15, -0.1) is 0 Å². The highest BCUT2D eigenvalue weighted by molar-refractivity contribution is 5.69. The summed E-state index contributed by atoms with van der Waals surface area (Å²) >= 11 is 0. The SMILES string of the molecule is CCCCCCCCOC(=O)CCCCCCCN(CCCCCCCC(=O)OC(CCCCC)CCCCC)CCC(=O)O. The number of nitrogens with zero attached hydrogens (tertiary/aromatic N) is 1. The predicted molar refractivity (Wildman–Crippen MR) is 187 cm³/mol. The third-order valence-corrected chi connectivity index (χ3v) is 8.67. The van der Waals surface area contributed by atoms with E-state index in [0.717, 1.165) is 116 Å². The van der Waals surface area contributed by atoms with Crippen molar-refractivity contribution in [2.45, 2.75) is 200 Å². The molecule has 0 unspecified atom stereocenters. The van der Waals surface area contributed by atoms with Gasteiger partial charge in [-0.05, 0) is 70.9 Å². The number of aliphatic carboxylic acids is 1. The van der Waals surface area contributed by atoms with Gasteiger partial charge in [-0.1, -0.05) is 117 Å². The van der Waals surface area contributed by atoms with E-state index >= 15 is 0 Å². The fourth-order valence-electron chi connectivity index (χ4n) is 5.75. The van der Waals surface area contributed by atoms with Gasteiger partial charge in [0.15, 0.2) is 0 Å². The molecule has 45 heavy (non-hydrogen) atoms. The van der Waals surface area contributed by atoms with Crippen molar-refractivity contribution in [2.24, 2.45) is 0 Å². The highest BCUT2D eigenvalue weighted by Gasteiger charge is 2.14. The summed E-state index contributed by atoms with van der Waals surface area (Å²) in [6, 6.07) is 0. The average Bonchev–Trinajstić information content (AvgIpc) is 3.01. The Bertz CT molecular complexity index is 675. The minimum absolute atomic E-state index is 0.0312. The molecule has 7 heteroatoms. The predicted octanol–water partition coefficient (Wildman–Crippen LogP) is 10.4. The molecule has 0 aromatic heterocycles. The number of ether oxygens (including phenoxy) is 2. The van der Waals surface area contributed by atoms with Gasteiger partial charge in [0.2, 0.25) is 0 Å². The summed E-state index contributed by atoms with van der Waals surface area (Å²) in [6.45, 7) is 9.64. The Morgan fingerprint density at radius 1 is 0.511 bits per heavy atom. The molecule has 7 nitrogen and oxygen atoms in total. The first-order chi connectivity index (χ1) is 21.9. The Labute approximate surface area is 278 Å². The summed E-state index contributed by atoms with van der Waals surface area (Å²) in [5.74, 6) is -0.836. The molecule has 0 aliphatic heterocycles. The maximum absolute atomic E-state index is 12.4. The van der Waals surface area contributed by atoms with Gasteiger partial charge in [-0.2, -0.15) is 0 Å². The molecule has 0 radical (unpaired) electrons. The van der Waals surface area contributed by atoms with E-state index in [4.69, 9.17) is 14.6 Å². The molecule has 0 spiro atoms. The van der Waals surface area contributed by atoms with Crippen molar-refractivity contribution in [3.8, 4) is 0 Å². The first kappa shape index (κ1) is 43.4. The second-order valence-electron chi connectivity index (χ2n) is 13.1. The quantitative estimate of drug-likeness (QED) is 0.0545. The minimum Gasteiger partial charge on any atom is -0.481 e. The van der Waals surface area contributed by atoms with Crippen molar-refractivity contribution in [3.05, 3.63) is 0 Å². The molecule has 0 aliphatic carbocycles. The van der Waals surface area contributed by atoms with Crippen LogP contribution >= 0.6 is 0 Å². The normalized spacial score (nSPS) is 11.4. The maximum atomic E-state index is 12.4. The van der Waals surface area contributed by atoms with Crippen LogP contribution in [0.15, 0.2) is 0 Å². The lowest BCUT2D eigenvalue weighted by Gasteiger charge is -2.21. The monoisotopic (exact) mass is 640 g/mol. The molecule has 0 atom stereocenters. The molecule has 266 valence electrons. The molecular formula is C38H73NO6. The summed E-state index contributed by atoms with van der Waals surface area (Å²) < 4.78 is 11.2. The van der Waals surface area contributed by atoms with E-state index in [9.17, 15) is 14.4 Å². The van der Waals surface area contributed by atoms with E-state index in [1.807, 2.05) is 0 Å². The van der Waals surface area contributed by atoms with E-state index in [1.165, 1.54) is 51.4 Å². The molecule has 0 saturated heterocycles. The van der Waals surface area contributed by atoms with Crippen molar-refractivity contribution in [2.75, 3.05) is 26.2 Å². The van der Waals surface area contributed by atoms with Crippen LogP contribution in [0.1, 0.15) is 194 Å². The number of carbonyl (C=O) groups excluding carboxylic acids is 2. The Morgan fingerprint density at radius 3 is 1.49 bits per heavy atom. The van der Waals surface area contributed by atoms with Crippen LogP contribution in [0.4, 0.5) is 0 Å². The summed E-state index contributed by atoms with van der Waals surface area (Å²) in [5, 5.41) is 9.16. The molecule has 0 amide bonds. The van der Waals surface area contributed by atoms with E-state index in [2.05, 4.69) is 25.7 Å². The second-order valence-corrected chi connectivity index (χ2v) is 13.1. The van der Waals surface area contributed by atoms with Gasteiger partial charge in [0.1, 0.15) is 6.10 Å². The van der Waals surface area contributed by atoms with E-state index in [0.29, 0.717) is 26.0 Å². The van der Waals surface area contributed by atoms with Crippen LogP contribution in [0.2, 0.25) is 0 Å². The van der Waals surface area contributed by atoms with Crippen LogP contribution in [0.25, 0.3) is 0 Å². The summed E-state index contributed by atoms with van der Waals surface area (Å²) in [6.07, 6.45) is 27.9. The van der Waals surface area contributed by atoms with Gasteiger partial charge in [0.05, 0.1) is 13.0 Å². The molecule has 1 N–H and O–H groups in total. The molecule has 0 heterocycles. The van der Waals surface area contributed by atoms with Crippen LogP contribution in [0.3, 0.4) is 0 Å². The zero-order chi connectivity index (χ0) is 33.2. The standard InChI is InChI=1S/C38H73NO6/c1-4-7-10-11-18-25-34-44-37(42)28-21-14-12-16-23-31-39(33-30-36(40)41)32-24-17-13-15-22-29-38(43)45-35(26-19-8-5-2)27-20-9-6-3/h35H,4-34H2,1-3H3,(H,40,41). The van der Waals surface area contributed by atoms with Crippen molar-refractivity contribution in [1.82, 2.24) is 4.90 Å². The Hall–Kier alpha value is -1.63. The lowest BCUT2D eigenvalue weighted by Crippen LogP contribution is -2.28. The first-order valence-electron chi connectivity index (χ1n) is 19.2. The lowest BCUT2D eigenvalue weighted by atomic mass is 10.0. The number of hydrogen-bond donors (Lipinski definition) is 1. The van der Waals surface area contributed by atoms with E-state index in [-0.39, 0.29) is 24.5 Å². The number of carbonyl (C=O) groups is 3. The van der Waals surface area contributed by atoms with Crippen LogP contribution in [-0.4, -0.2) is 60.3 Å². The molecule has 0 saturated carbocycles. The third-order valence-electron chi connectivity index (χ3n) is 8.67. The summed E-state index contributed by atoms with van der Waals surface area (Å²) in [4.78, 5) is 37.8. The van der Waals surface area contributed by atoms with Gasteiger partial charge >= 0.3 is 17.9 Å². The fourth-order valence-corrected chi connectivity index (χ4v) is 5.75. The van der Waals surface area contributed by atoms with Crippen LogP contribution in [0.5, 0.6) is 0 Å². The Kier molecular flexibility index (Phi) is 32.5. The zero-order valence-electron chi connectivity index (χ0n) is 29.9. The highest BCUT2D eigenvalue weighted by atomic mass is 16.5. The molecule has 0 aromatic carbocycles. The number of carboxylic acid groups (broad SMARTS) is 1. The number of rotatable bonds is 35. The van der Waals surface area contributed by atoms with E-state index < -0.39 is 5.97 Å². The smallest absolute Gasteiger partial charge is 0.306 e. The average molecular weight is 640 g/mol. The third kappa shape index (κ3) is 32.1. The Balaban J connectivity index is 3.98. The molecule has 0 aliphatic rings. The fraction of sp³-hybridized carbons (Fsp3) is 0.921. The molecule has 0 fully saturated rings. The lowest BCUT2D eigenvalue weighted by molar-refractivity contribution is -0.150. The van der Waals surface area contributed by atoms with Gasteiger partial charge < -0.3 is 19.5 Å². The zero-order valence-corrected chi connectivity index (χ0v) is 29.9. The summed E-state index contributed by atoms with van der Waals surface area (Å²) in [5.41, 5.74) is 0. The maximum Gasteiger partial charge on any atom is 0.306 e. The van der Waals surface area contributed by atoms with Crippen LogP contribution in [-0.2, 0) is 23.9 Å². The Morgan fingerprint density at radius 2 is 0.956 bits per heavy atom. The largest absolute Gasteiger partial charge is 0.481 e.